The zero-order valence-corrected chi connectivity index (χ0v) is 43.3. The third-order valence-corrected chi connectivity index (χ3v) is 12.3. The number of carbonyl (C=O) groups is 6. The summed E-state index contributed by atoms with van der Waals surface area (Å²) in [6.07, 6.45) is 4.17. The van der Waals surface area contributed by atoms with Crippen molar-refractivity contribution in [3.63, 3.8) is 0 Å². The highest BCUT2D eigenvalue weighted by Crippen LogP contribution is 2.35. The lowest BCUT2D eigenvalue weighted by molar-refractivity contribution is -0.156. The van der Waals surface area contributed by atoms with Crippen LogP contribution >= 0.6 is 0 Å². The third kappa shape index (κ3) is 15.0. The predicted molar refractivity (Wildman–Crippen MR) is 282 cm³/mol. The number of amides is 5. The van der Waals surface area contributed by atoms with Gasteiger partial charge in [-0.1, -0.05) is 44.5 Å². The Balaban J connectivity index is 0.000000229. The number of nitrogen functional groups attached to an aromatic ring is 2. The van der Waals surface area contributed by atoms with Gasteiger partial charge < -0.3 is 43.8 Å². The van der Waals surface area contributed by atoms with Crippen LogP contribution in [-0.4, -0.2) is 95.1 Å². The largest absolute Gasteiger partial charge is 0.446 e. The van der Waals surface area contributed by atoms with Gasteiger partial charge in [-0.2, -0.15) is 13.2 Å². The standard InChI is InChI=1S/C28H35N7O4.C23H27N7O2.C2HF3O/c1-5-17-13-14-31-21(16-17)32-26(37)19-11-9-18(10-12-19)22-23(24(29)36)35(30)25(33-22)20-8-6-7-15-34(20)27(38)39-28(2,3)4;1-2-14-10-12-27-18(13-14)28-23(32)16-8-6-15(7-9-16)19-20(21(24)31)30(25)22(29-19)17-5-3-4-11-26-17;3-2(4,5)1-6/h9-14,16,20H,5-8,15,30H2,1-4H3,(H2,29,36)(H,31,32,37);6-10,12-13,17,26H,2-5,11,25H2,1H3,(H2,24,31)(H,27,28,32);1H/t20-;17-;/m00./s1. The Kier molecular flexibility index (Phi) is 18.9. The van der Waals surface area contributed by atoms with Crippen molar-refractivity contribution in [2.75, 3.05) is 35.4 Å². The minimum atomic E-state index is -4.64. The van der Waals surface area contributed by atoms with E-state index in [4.69, 9.17) is 37.7 Å². The van der Waals surface area contributed by atoms with E-state index >= 15 is 0 Å². The molecule has 0 spiro atoms. The molecule has 2 saturated heterocycles. The van der Waals surface area contributed by atoms with Crippen LogP contribution in [0.15, 0.2) is 85.2 Å². The lowest BCUT2D eigenvalue weighted by Gasteiger charge is -2.36. The summed E-state index contributed by atoms with van der Waals surface area (Å²) in [5, 5.41) is 8.99. The second-order valence-electron chi connectivity index (χ2n) is 19.0. The van der Waals surface area contributed by atoms with Crippen LogP contribution in [-0.2, 0) is 22.4 Å². The maximum atomic E-state index is 13.0. The highest BCUT2D eigenvalue weighted by atomic mass is 19.4. The molecule has 2 aliphatic rings. The molecule has 77 heavy (non-hydrogen) atoms. The summed E-state index contributed by atoms with van der Waals surface area (Å²) in [6, 6.07) is 20.4. The number of aromatic nitrogens is 6. The number of carbonyl (C=O) groups excluding carboxylic acids is 6. The molecular formula is C53H63F3N14O7. The molecule has 0 radical (unpaired) electrons. The molecular weight excluding hydrogens is 1000 g/mol. The van der Waals surface area contributed by atoms with Gasteiger partial charge in [-0.05, 0) is 132 Å². The van der Waals surface area contributed by atoms with Gasteiger partial charge in [0.15, 0.2) is 17.2 Å². The molecule has 21 nitrogen and oxygen atoms in total. The molecule has 6 heterocycles. The first-order valence-corrected chi connectivity index (χ1v) is 24.9. The lowest BCUT2D eigenvalue weighted by atomic mass is 10.0. The van der Waals surface area contributed by atoms with Crippen molar-refractivity contribution in [1.29, 1.82) is 0 Å². The summed E-state index contributed by atoms with van der Waals surface area (Å²) in [5.74, 6) is 12.4. The number of halogens is 3. The number of nitrogens with two attached hydrogens (primary N) is 4. The fraction of sp³-hybridized carbons (Fsp3) is 0.358. The Labute approximate surface area is 442 Å². The van der Waals surface area contributed by atoms with E-state index in [2.05, 4.69) is 30.9 Å². The lowest BCUT2D eigenvalue weighted by Crippen LogP contribution is -2.43. The summed E-state index contributed by atoms with van der Waals surface area (Å²) in [6.45, 7) is 10.8. The molecule has 2 fully saturated rings. The number of piperidine rings is 2. The van der Waals surface area contributed by atoms with Crippen molar-refractivity contribution in [3.05, 3.63) is 130 Å². The SMILES string of the molecule is CCc1ccnc(NC(=O)c2ccc(-c3nc([C@@H]4CCCCN4)n(N)c3C(N)=O)cc2)c1.CCc1ccnc(NC(=O)c2ccc(-c3nc([C@@H]4CCCCN4C(=O)OC(C)(C)C)n(N)c3C(N)=O)cc2)c1.O=CC(F)(F)F. The monoisotopic (exact) mass is 1060 g/mol. The Hall–Kier alpha value is -8.67. The first-order chi connectivity index (χ1) is 36.5. The maximum Gasteiger partial charge on any atom is 0.446 e. The number of benzene rings is 2. The van der Waals surface area contributed by atoms with Gasteiger partial charge in [0.25, 0.3) is 23.6 Å². The number of hydrogen-bond acceptors (Lipinski definition) is 14. The van der Waals surface area contributed by atoms with Crippen LogP contribution in [0.25, 0.3) is 22.5 Å². The van der Waals surface area contributed by atoms with Gasteiger partial charge in [0.1, 0.15) is 34.4 Å². The van der Waals surface area contributed by atoms with Gasteiger partial charge >= 0.3 is 12.3 Å². The molecule has 2 atom stereocenters. The highest BCUT2D eigenvalue weighted by Gasteiger charge is 2.36. The van der Waals surface area contributed by atoms with E-state index in [0.717, 1.165) is 67.3 Å². The fourth-order valence-electron chi connectivity index (χ4n) is 8.53. The van der Waals surface area contributed by atoms with Crippen molar-refractivity contribution in [2.45, 2.75) is 110 Å². The average molecular weight is 1070 g/mol. The molecule has 5 amide bonds. The Morgan fingerprint density at radius 3 is 1.57 bits per heavy atom. The van der Waals surface area contributed by atoms with Crippen molar-refractivity contribution in [1.82, 2.24) is 39.5 Å². The van der Waals surface area contributed by atoms with Gasteiger partial charge in [-0.15, -0.1) is 0 Å². The third-order valence-electron chi connectivity index (χ3n) is 12.3. The number of primary amides is 2. The molecule has 4 aromatic heterocycles. The number of rotatable bonds is 12. The minimum Gasteiger partial charge on any atom is -0.444 e. The van der Waals surface area contributed by atoms with E-state index < -0.39 is 42.0 Å². The summed E-state index contributed by atoms with van der Waals surface area (Å²) in [4.78, 5) is 91.0. The van der Waals surface area contributed by atoms with E-state index in [-0.39, 0.29) is 34.9 Å². The second kappa shape index (κ2) is 25.2. The van der Waals surface area contributed by atoms with Crippen LogP contribution in [0.5, 0.6) is 0 Å². The van der Waals surface area contributed by atoms with Crippen LogP contribution < -0.4 is 39.1 Å². The molecule has 408 valence electrons. The molecule has 0 saturated carbocycles. The average Bonchev–Trinajstić information content (AvgIpc) is 3.96. The highest BCUT2D eigenvalue weighted by molar-refractivity contribution is 6.05. The number of aryl methyl sites for hydroxylation is 2. The molecule has 0 aliphatic carbocycles. The molecule has 2 aliphatic heterocycles. The number of likely N-dealkylation sites (tertiary alicyclic amines) is 1. The maximum absolute atomic E-state index is 13.0. The van der Waals surface area contributed by atoms with Gasteiger partial charge in [0.05, 0.1) is 12.1 Å². The Morgan fingerprint density at radius 2 is 1.16 bits per heavy atom. The minimum absolute atomic E-state index is 0.0116. The van der Waals surface area contributed by atoms with Crippen LogP contribution in [0.4, 0.5) is 29.6 Å². The van der Waals surface area contributed by atoms with Crippen LogP contribution in [0.2, 0.25) is 0 Å². The number of pyridine rings is 2. The van der Waals surface area contributed by atoms with Crippen molar-refractivity contribution < 1.29 is 46.7 Å². The van der Waals surface area contributed by atoms with Crippen molar-refractivity contribution >= 4 is 47.6 Å². The first kappa shape index (κ1) is 57.6. The normalized spacial score (nSPS) is 15.4. The second-order valence-corrected chi connectivity index (χ2v) is 19.0. The van der Waals surface area contributed by atoms with E-state index in [1.807, 2.05) is 38.1 Å². The number of nitrogens with one attached hydrogen (secondary N) is 3. The van der Waals surface area contributed by atoms with Crippen molar-refractivity contribution in [2.24, 2.45) is 11.5 Å². The number of hydrogen-bond donors (Lipinski definition) is 7. The van der Waals surface area contributed by atoms with Crippen LogP contribution in [0, 0.1) is 0 Å². The number of aldehydes is 1. The van der Waals surface area contributed by atoms with E-state index in [0.29, 0.717) is 64.2 Å². The van der Waals surface area contributed by atoms with Crippen LogP contribution in [0.1, 0.15) is 150 Å². The van der Waals surface area contributed by atoms with E-state index in [9.17, 15) is 37.1 Å². The summed E-state index contributed by atoms with van der Waals surface area (Å²) >= 11 is 0. The first-order valence-electron chi connectivity index (χ1n) is 24.9. The van der Waals surface area contributed by atoms with E-state index in [1.54, 1.807) is 86.6 Å². The topological polar surface area (TPSA) is 316 Å². The number of ether oxygens (including phenoxy) is 1. The predicted octanol–water partition coefficient (Wildman–Crippen LogP) is 7.17. The Bertz CT molecular complexity index is 3070. The molecule has 6 aromatic rings. The number of alkyl halides is 3. The quantitative estimate of drug-likeness (QED) is 0.0472. The molecule has 8 rings (SSSR count). The Morgan fingerprint density at radius 1 is 0.701 bits per heavy atom. The van der Waals surface area contributed by atoms with E-state index in [1.165, 1.54) is 4.68 Å². The zero-order chi connectivity index (χ0) is 56.2. The zero-order valence-electron chi connectivity index (χ0n) is 43.3. The molecule has 0 bridgehead atoms. The molecule has 11 N–H and O–H groups in total. The van der Waals surface area contributed by atoms with Gasteiger partial charge in [0, 0.05) is 41.2 Å². The van der Waals surface area contributed by atoms with Crippen molar-refractivity contribution in [3.8, 4) is 22.5 Å². The summed E-state index contributed by atoms with van der Waals surface area (Å²) in [7, 11) is 0. The summed E-state index contributed by atoms with van der Waals surface area (Å²) < 4.78 is 39.3. The van der Waals surface area contributed by atoms with Gasteiger partial charge in [-0.3, -0.25) is 28.9 Å². The fourth-order valence-corrected chi connectivity index (χ4v) is 8.53. The number of imidazole rings is 2. The number of anilines is 2. The van der Waals surface area contributed by atoms with Gasteiger partial charge in [0.2, 0.25) is 6.29 Å². The van der Waals surface area contributed by atoms with Crippen LogP contribution in [0.3, 0.4) is 0 Å². The molecule has 24 heteroatoms. The number of nitrogens with zero attached hydrogens (tertiary/aromatic N) is 7. The van der Waals surface area contributed by atoms with Gasteiger partial charge in [-0.25, -0.2) is 34.1 Å². The molecule has 2 aromatic carbocycles. The summed E-state index contributed by atoms with van der Waals surface area (Å²) in [5.41, 5.74) is 15.7. The smallest absolute Gasteiger partial charge is 0.444 e. The molecule has 0 unspecified atom stereocenters.